The number of nitrogens with one attached hydrogen (secondary N) is 1. The van der Waals surface area contributed by atoms with Gasteiger partial charge in [0.05, 0.1) is 24.7 Å². The van der Waals surface area contributed by atoms with Crippen molar-refractivity contribution in [1.29, 1.82) is 0 Å². The van der Waals surface area contributed by atoms with Crippen LogP contribution in [0.3, 0.4) is 0 Å². The van der Waals surface area contributed by atoms with Crippen molar-refractivity contribution in [3.8, 4) is 0 Å². The van der Waals surface area contributed by atoms with E-state index in [1.807, 2.05) is 11.0 Å². The zero-order valence-electron chi connectivity index (χ0n) is 17.0. The van der Waals surface area contributed by atoms with Gasteiger partial charge in [-0.1, -0.05) is 18.2 Å². The average Bonchev–Trinajstić information content (AvgIpc) is 3.31. The number of rotatable bonds is 6. The molecule has 3 aliphatic heterocycles. The van der Waals surface area contributed by atoms with E-state index in [1.165, 1.54) is 11.1 Å². The molecule has 4 rings (SSSR count). The number of hydrogen-bond donors (Lipinski definition) is 1. The summed E-state index contributed by atoms with van der Waals surface area (Å²) < 4.78 is 11.4. The molecule has 3 saturated heterocycles. The van der Waals surface area contributed by atoms with Crippen molar-refractivity contribution in [1.82, 2.24) is 10.2 Å². The van der Waals surface area contributed by atoms with Gasteiger partial charge in [0.15, 0.2) is 0 Å². The third-order valence-electron chi connectivity index (χ3n) is 6.88. The molecular formula is C22H30N2O4. The zero-order valence-corrected chi connectivity index (χ0v) is 17.0. The van der Waals surface area contributed by atoms with Gasteiger partial charge in [-0.3, -0.25) is 9.59 Å². The zero-order chi connectivity index (χ0) is 19.9. The van der Waals surface area contributed by atoms with Gasteiger partial charge in [0.1, 0.15) is 6.61 Å². The van der Waals surface area contributed by atoms with Gasteiger partial charge in [-0.05, 0) is 43.4 Å². The van der Waals surface area contributed by atoms with Crippen LogP contribution in [-0.4, -0.2) is 61.8 Å². The van der Waals surface area contributed by atoms with Crippen LogP contribution >= 0.6 is 0 Å². The number of carbonyl (C=O) groups is 2. The molecule has 6 heteroatoms. The molecule has 6 nitrogen and oxygen atoms in total. The summed E-state index contributed by atoms with van der Waals surface area (Å²) in [5.74, 6) is 0.646. The first kappa shape index (κ1) is 19.4. The Bertz CT molecular complexity index is 780. The molecule has 0 aromatic heterocycles. The highest BCUT2D eigenvalue weighted by Gasteiger charge is 2.63. The Balaban J connectivity index is 1.35. The molecule has 3 fully saturated rings. The molecule has 0 aliphatic carbocycles. The second-order valence-electron chi connectivity index (χ2n) is 8.64. The van der Waals surface area contributed by atoms with E-state index in [2.05, 4.69) is 31.3 Å². The maximum absolute atomic E-state index is 12.5. The fourth-order valence-electron chi connectivity index (χ4n) is 5.26. The lowest BCUT2D eigenvalue weighted by Crippen LogP contribution is -2.42. The summed E-state index contributed by atoms with van der Waals surface area (Å²) in [6, 6.07) is 6.17. The van der Waals surface area contributed by atoms with Crippen LogP contribution in [0.5, 0.6) is 0 Å². The van der Waals surface area contributed by atoms with Crippen molar-refractivity contribution in [2.45, 2.75) is 44.8 Å². The topological polar surface area (TPSA) is 67.9 Å². The van der Waals surface area contributed by atoms with Crippen LogP contribution in [0.25, 0.3) is 0 Å². The smallest absolute Gasteiger partial charge is 0.248 e. The largest absolute Gasteiger partial charge is 0.375 e. The Kier molecular flexibility index (Phi) is 5.19. The van der Waals surface area contributed by atoms with Crippen molar-refractivity contribution in [3.63, 3.8) is 0 Å². The van der Waals surface area contributed by atoms with Crippen LogP contribution in [0.4, 0.5) is 0 Å². The molecule has 1 aromatic carbocycles. The monoisotopic (exact) mass is 386 g/mol. The lowest BCUT2D eigenvalue weighted by atomic mass is 9.73. The first-order valence-electron chi connectivity index (χ1n) is 10.2. The van der Waals surface area contributed by atoms with Gasteiger partial charge < -0.3 is 19.7 Å². The summed E-state index contributed by atoms with van der Waals surface area (Å²) >= 11 is 0. The van der Waals surface area contributed by atoms with Gasteiger partial charge in [0.2, 0.25) is 11.8 Å². The van der Waals surface area contributed by atoms with Crippen LogP contribution in [0, 0.1) is 25.7 Å². The van der Waals surface area contributed by atoms with Gasteiger partial charge in [-0.25, -0.2) is 0 Å². The number of amides is 2. The molecule has 28 heavy (non-hydrogen) atoms. The molecule has 1 spiro atoms. The lowest BCUT2D eigenvalue weighted by Gasteiger charge is -2.29. The number of benzene rings is 1. The Morgan fingerprint density at radius 2 is 2.14 bits per heavy atom. The SMILES string of the molecule is COCC(=O)N1C[C@@H]2[C@H](CNC(=O)Cc3ccc(C)c(C)c3)[C@H]3CC[C@]2(C1)O3. The first-order valence-corrected chi connectivity index (χ1v) is 10.2. The van der Waals surface area contributed by atoms with Crippen molar-refractivity contribution in [3.05, 3.63) is 34.9 Å². The highest BCUT2D eigenvalue weighted by molar-refractivity contribution is 5.79. The van der Waals surface area contributed by atoms with Gasteiger partial charge >= 0.3 is 0 Å². The summed E-state index contributed by atoms with van der Waals surface area (Å²) in [5, 5.41) is 3.12. The van der Waals surface area contributed by atoms with Crippen LogP contribution in [0.1, 0.15) is 29.5 Å². The number of likely N-dealkylation sites (tertiary alicyclic amines) is 1. The van der Waals surface area contributed by atoms with Gasteiger partial charge in [-0.15, -0.1) is 0 Å². The van der Waals surface area contributed by atoms with Gasteiger partial charge in [0, 0.05) is 32.0 Å². The number of aryl methyl sites for hydroxylation is 2. The second kappa shape index (κ2) is 7.48. The van der Waals surface area contributed by atoms with E-state index >= 15 is 0 Å². The summed E-state index contributed by atoms with van der Waals surface area (Å²) in [7, 11) is 1.54. The number of nitrogens with zero attached hydrogens (tertiary/aromatic N) is 1. The predicted molar refractivity (Wildman–Crippen MR) is 105 cm³/mol. The van der Waals surface area contributed by atoms with Crippen molar-refractivity contribution >= 4 is 11.8 Å². The summed E-state index contributed by atoms with van der Waals surface area (Å²) in [4.78, 5) is 26.6. The number of ether oxygens (including phenoxy) is 2. The quantitative estimate of drug-likeness (QED) is 0.807. The minimum absolute atomic E-state index is 0.0239. The Morgan fingerprint density at radius 3 is 2.89 bits per heavy atom. The third kappa shape index (κ3) is 3.44. The molecule has 3 heterocycles. The van der Waals surface area contributed by atoms with E-state index in [-0.39, 0.29) is 36.0 Å². The van der Waals surface area contributed by atoms with E-state index in [9.17, 15) is 9.59 Å². The number of methoxy groups -OCH3 is 1. The molecule has 1 N–H and O–H groups in total. The minimum atomic E-state index is -0.211. The van der Waals surface area contributed by atoms with Crippen LogP contribution in [0.2, 0.25) is 0 Å². The number of carbonyl (C=O) groups excluding carboxylic acids is 2. The molecule has 0 saturated carbocycles. The molecule has 2 bridgehead atoms. The summed E-state index contributed by atoms with van der Waals surface area (Å²) in [6.45, 7) is 6.24. The van der Waals surface area contributed by atoms with Crippen molar-refractivity contribution < 1.29 is 19.1 Å². The van der Waals surface area contributed by atoms with E-state index < -0.39 is 0 Å². The maximum atomic E-state index is 12.5. The van der Waals surface area contributed by atoms with Crippen molar-refractivity contribution in [2.24, 2.45) is 11.8 Å². The average molecular weight is 386 g/mol. The third-order valence-corrected chi connectivity index (χ3v) is 6.88. The summed E-state index contributed by atoms with van der Waals surface area (Å²) in [5.41, 5.74) is 3.28. The molecule has 3 aliphatic rings. The molecule has 152 valence electrons. The second-order valence-corrected chi connectivity index (χ2v) is 8.64. The minimum Gasteiger partial charge on any atom is -0.375 e. The molecule has 1 aromatic rings. The van der Waals surface area contributed by atoms with E-state index in [0.29, 0.717) is 32.0 Å². The fraction of sp³-hybridized carbons (Fsp3) is 0.636. The summed E-state index contributed by atoms with van der Waals surface area (Å²) in [6.07, 6.45) is 2.62. The predicted octanol–water partition coefficient (Wildman–Crippen LogP) is 1.61. The van der Waals surface area contributed by atoms with E-state index in [1.54, 1.807) is 7.11 Å². The molecule has 0 radical (unpaired) electrons. The first-order chi connectivity index (χ1) is 13.4. The van der Waals surface area contributed by atoms with Crippen LogP contribution in [-0.2, 0) is 25.5 Å². The van der Waals surface area contributed by atoms with Gasteiger partial charge in [-0.2, -0.15) is 0 Å². The molecule has 4 atom stereocenters. The Hall–Kier alpha value is -1.92. The van der Waals surface area contributed by atoms with Crippen molar-refractivity contribution in [2.75, 3.05) is 33.4 Å². The van der Waals surface area contributed by atoms with Gasteiger partial charge in [0.25, 0.3) is 0 Å². The maximum Gasteiger partial charge on any atom is 0.248 e. The lowest BCUT2D eigenvalue weighted by molar-refractivity contribution is -0.135. The normalized spacial score (nSPS) is 30.5. The number of hydrogen-bond acceptors (Lipinski definition) is 4. The van der Waals surface area contributed by atoms with Crippen LogP contribution in [0.15, 0.2) is 18.2 Å². The molecular weight excluding hydrogens is 356 g/mol. The fourth-order valence-corrected chi connectivity index (χ4v) is 5.26. The molecule has 0 unspecified atom stereocenters. The van der Waals surface area contributed by atoms with E-state index in [4.69, 9.17) is 9.47 Å². The standard InChI is InChI=1S/C22H30N2O4/c1-14-4-5-16(8-15(14)2)9-20(25)23-10-17-18-11-24(21(26)12-27-3)13-22(18)7-6-19(17)28-22/h4-5,8,17-19H,6-7,9-13H2,1-3H3,(H,23,25)/t17-,18+,19+,22+/m0/s1. The van der Waals surface area contributed by atoms with Crippen LogP contribution < -0.4 is 5.32 Å². The highest BCUT2D eigenvalue weighted by atomic mass is 16.5. The highest BCUT2D eigenvalue weighted by Crippen LogP contribution is 2.54. The molecule has 2 amide bonds. The number of fused-ring (bicyclic) bond motifs is 1. The Labute approximate surface area is 166 Å². The Morgan fingerprint density at radius 1 is 1.32 bits per heavy atom. The van der Waals surface area contributed by atoms with E-state index in [0.717, 1.165) is 18.4 Å².